The van der Waals surface area contributed by atoms with Crippen LogP contribution in [0.2, 0.25) is 0 Å². The topological polar surface area (TPSA) is 68.2 Å². The lowest BCUT2D eigenvalue weighted by atomic mass is 10.0. The SMILES string of the molecule is CCCC(=O)N1c2ccc(C)cc2-c2nnc(SCCC(C)C)nc2O[C@H]1c1ccc(F)cc1. The van der Waals surface area contributed by atoms with Crippen LogP contribution in [-0.4, -0.2) is 26.8 Å². The van der Waals surface area contributed by atoms with Gasteiger partial charge in [-0.2, -0.15) is 4.98 Å². The maximum Gasteiger partial charge on any atom is 0.247 e. The van der Waals surface area contributed by atoms with Crippen molar-refractivity contribution in [2.24, 2.45) is 5.92 Å². The standard InChI is InChI=1S/C26H29FN4O2S/c1-5-6-22(32)31-21-12-7-17(4)15-20(21)23-24(28-26(30-29-23)34-14-13-16(2)3)33-25(31)18-8-10-19(27)11-9-18/h7-12,15-16,25H,5-6,13-14H2,1-4H3/t25-/m0/s1. The lowest BCUT2D eigenvalue weighted by Crippen LogP contribution is -2.37. The Kier molecular flexibility index (Phi) is 7.46. The summed E-state index contributed by atoms with van der Waals surface area (Å²) in [7, 11) is 0. The van der Waals surface area contributed by atoms with Gasteiger partial charge in [-0.3, -0.25) is 9.69 Å². The van der Waals surface area contributed by atoms with E-state index in [9.17, 15) is 9.18 Å². The average molecular weight is 481 g/mol. The zero-order valence-corrected chi connectivity index (χ0v) is 20.7. The van der Waals surface area contributed by atoms with Gasteiger partial charge in [0.05, 0.1) is 5.69 Å². The molecule has 4 rings (SSSR count). The van der Waals surface area contributed by atoms with E-state index in [0.717, 1.165) is 23.3 Å². The molecule has 2 aromatic carbocycles. The van der Waals surface area contributed by atoms with Crippen molar-refractivity contribution in [2.75, 3.05) is 10.7 Å². The minimum atomic E-state index is -0.812. The molecule has 0 N–H and O–H groups in total. The van der Waals surface area contributed by atoms with E-state index < -0.39 is 6.23 Å². The number of fused-ring (bicyclic) bond motifs is 3. The van der Waals surface area contributed by atoms with Crippen molar-refractivity contribution in [2.45, 2.75) is 58.3 Å². The van der Waals surface area contributed by atoms with Crippen LogP contribution in [0.25, 0.3) is 11.3 Å². The Morgan fingerprint density at radius 2 is 1.94 bits per heavy atom. The van der Waals surface area contributed by atoms with Gasteiger partial charge in [0.15, 0.2) is 5.69 Å². The molecule has 6 nitrogen and oxygen atoms in total. The number of benzene rings is 2. The van der Waals surface area contributed by atoms with Crippen molar-refractivity contribution < 1.29 is 13.9 Å². The van der Waals surface area contributed by atoms with Gasteiger partial charge in [-0.1, -0.05) is 56.3 Å². The molecule has 0 saturated heterocycles. The highest BCUT2D eigenvalue weighted by atomic mass is 32.2. The second-order valence-electron chi connectivity index (χ2n) is 8.84. The number of rotatable bonds is 7. The molecule has 0 unspecified atom stereocenters. The van der Waals surface area contributed by atoms with Gasteiger partial charge in [0.25, 0.3) is 0 Å². The smallest absolute Gasteiger partial charge is 0.247 e. The third kappa shape index (κ3) is 5.22. The molecule has 0 spiro atoms. The number of hydrogen-bond donors (Lipinski definition) is 0. The molecule has 178 valence electrons. The van der Waals surface area contributed by atoms with Crippen LogP contribution in [0.5, 0.6) is 5.88 Å². The molecule has 0 aliphatic carbocycles. The van der Waals surface area contributed by atoms with Crippen molar-refractivity contribution >= 4 is 23.4 Å². The zero-order chi connectivity index (χ0) is 24.2. The van der Waals surface area contributed by atoms with Gasteiger partial charge in [-0.25, -0.2) is 4.39 Å². The number of carbonyl (C=O) groups is 1. The number of aromatic nitrogens is 3. The van der Waals surface area contributed by atoms with E-state index in [1.54, 1.807) is 17.0 Å². The molecular weight excluding hydrogens is 451 g/mol. The number of amides is 1. The molecule has 0 saturated carbocycles. The summed E-state index contributed by atoms with van der Waals surface area (Å²) in [4.78, 5) is 19.7. The van der Waals surface area contributed by atoms with E-state index >= 15 is 0 Å². The number of halogens is 1. The molecule has 1 aliphatic rings. The average Bonchev–Trinajstić information content (AvgIpc) is 2.93. The van der Waals surface area contributed by atoms with Crippen LogP contribution < -0.4 is 9.64 Å². The molecule has 34 heavy (non-hydrogen) atoms. The van der Waals surface area contributed by atoms with Crippen LogP contribution in [0.4, 0.5) is 10.1 Å². The molecule has 0 radical (unpaired) electrons. The summed E-state index contributed by atoms with van der Waals surface area (Å²) in [5.41, 5.74) is 3.57. The molecule has 8 heteroatoms. The number of anilines is 1. The van der Waals surface area contributed by atoms with Gasteiger partial charge < -0.3 is 4.74 Å². The third-order valence-electron chi connectivity index (χ3n) is 5.57. The van der Waals surface area contributed by atoms with Gasteiger partial charge in [0.2, 0.25) is 23.2 Å². The zero-order valence-electron chi connectivity index (χ0n) is 19.9. The van der Waals surface area contributed by atoms with Crippen molar-refractivity contribution in [1.82, 2.24) is 15.2 Å². The van der Waals surface area contributed by atoms with Gasteiger partial charge in [-0.05, 0) is 49.9 Å². The summed E-state index contributed by atoms with van der Waals surface area (Å²) in [5, 5.41) is 9.36. The second-order valence-corrected chi connectivity index (χ2v) is 9.90. The van der Waals surface area contributed by atoms with Crippen molar-refractivity contribution in [3.05, 3.63) is 59.4 Å². The number of hydrogen-bond acceptors (Lipinski definition) is 6. The first kappa shape index (κ1) is 24.1. The van der Waals surface area contributed by atoms with Gasteiger partial charge in [0.1, 0.15) is 5.82 Å². The Morgan fingerprint density at radius 1 is 1.18 bits per heavy atom. The summed E-state index contributed by atoms with van der Waals surface area (Å²) in [6, 6.07) is 11.8. The molecule has 1 aliphatic heterocycles. The first-order valence-corrected chi connectivity index (χ1v) is 12.6. The monoisotopic (exact) mass is 480 g/mol. The summed E-state index contributed by atoms with van der Waals surface area (Å²) in [6.45, 7) is 8.29. The summed E-state index contributed by atoms with van der Waals surface area (Å²) >= 11 is 1.53. The predicted octanol–water partition coefficient (Wildman–Crippen LogP) is 6.35. The van der Waals surface area contributed by atoms with E-state index in [-0.39, 0.29) is 11.7 Å². The lowest BCUT2D eigenvalue weighted by molar-refractivity contribution is -0.120. The minimum absolute atomic E-state index is 0.0887. The van der Waals surface area contributed by atoms with Crippen LogP contribution in [0.1, 0.15) is 57.4 Å². The fourth-order valence-corrected chi connectivity index (χ4v) is 4.79. The van der Waals surface area contributed by atoms with Gasteiger partial charge in [-0.15, -0.1) is 10.2 Å². The third-order valence-corrected chi connectivity index (χ3v) is 6.44. The van der Waals surface area contributed by atoms with Crippen LogP contribution in [-0.2, 0) is 4.79 Å². The molecule has 2 heterocycles. The van der Waals surface area contributed by atoms with Crippen LogP contribution >= 0.6 is 11.8 Å². The molecule has 1 aromatic heterocycles. The van der Waals surface area contributed by atoms with Crippen LogP contribution in [0.15, 0.2) is 47.6 Å². The normalized spacial score (nSPS) is 14.9. The summed E-state index contributed by atoms with van der Waals surface area (Å²) in [5.74, 6) is 1.32. The summed E-state index contributed by atoms with van der Waals surface area (Å²) in [6.07, 6.45) is 1.26. The van der Waals surface area contributed by atoms with E-state index in [4.69, 9.17) is 4.74 Å². The molecule has 0 fully saturated rings. The molecule has 1 amide bonds. The maximum absolute atomic E-state index is 13.7. The Hall–Kier alpha value is -3.00. The van der Waals surface area contributed by atoms with Gasteiger partial charge >= 0.3 is 0 Å². The quantitative estimate of drug-likeness (QED) is 0.367. The Balaban J connectivity index is 1.85. The molecular formula is C26H29FN4O2S. The highest BCUT2D eigenvalue weighted by molar-refractivity contribution is 7.99. The van der Waals surface area contributed by atoms with Crippen molar-refractivity contribution in [3.63, 3.8) is 0 Å². The highest BCUT2D eigenvalue weighted by Gasteiger charge is 2.35. The predicted molar refractivity (Wildman–Crippen MR) is 132 cm³/mol. The minimum Gasteiger partial charge on any atom is -0.447 e. The Labute approximate surface area is 204 Å². The van der Waals surface area contributed by atoms with Gasteiger partial charge in [0, 0.05) is 23.3 Å². The van der Waals surface area contributed by atoms with Crippen LogP contribution in [0.3, 0.4) is 0 Å². The Morgan fingerprint density at radius 3 is 2.65 bits per heavy atom. The molecule has 3 aromatic rings. The number of aryl methyl sites for hydroxylation is 1. The summed E-state index contributed by atoms with van der Waals surface area (Å²) < 4.78 is 20.1. The maximum atomic E-state index is 13.7. The van der Waals surface area contributed by atoms with E-state index in [2.05, 4.69) is 29.0 Å². The number of carbonyl (C=O) groups excluding carboxylic acids is 1. The molecule has 0 bridgehead atoms. The highest BCUT2D eigenvalue weighted by Crippen LogP contribution is 2.44. The molecule has 1 atom stereocenters. The number of nitrogens with zero attached hydrogens (tertiary/aromatic N) is 4. The fraction of sp³-hybridized carbons (Fsp3) is 0.385. The first-order chi connectivity index (χ1) is 16.4. The fourth-order valence-electron chi connectivity index (χ4n) is 3.77. The van der Waals surface area contributed by atoms with E-state index in [1.165, 1.54) is 23.9 Å². The second kappa shape index (κ2) is 10.5. The van der Waals surface area contributed by atoms with Crippen LogP contribution in [0, 0.1) is 18.7 Å². The van der Waals surface area contributed by atoms with Crippen molar-refractivity contribution in [1.29, 1.82) is 0 Å². The first-order valence-electron chi connectivity index (χ1n) is 11.6. The number of thioether (sulfide) groups is 1. The largest absolute Gasteiger partial charge is 0.447 e. The lowest BCUT2D eigenvalue weighted by Gasteiger charge is -2.31. The van der Waals surface area contributed by atoms with E-state index in [0.29, 0.717) is 46.7 Å². The Bertz CT molecular complexity index is 1170. The van der Waals surface area contributed by atoms with E-state index in [1.807, 2.05) is 32.0 Å². The van der Waals surface area contributed by atoms with Crippen molar-refractivity contribution in [3.8, 4) is 17.1 Å². The number of ether oxygens (including phenoxy) is 1.